The average molecular weight is 228 g/mol. The fourth-order valence-electron chi connectivity index (χ4n) is 1.23. The molecule has 0 aliphatic heterocycles. The van der Waals surface area contributed by atoms with E-state index < -0.39 is 5.97 Å². The van der Waals surface area contributed by atoms with Gasteiger partial charge in [0.1, 0.15) is 17.8 Å². The standard InChI is InChI=1S/C9H4N6O2/c10-1-4-3-12-7(13-4)6-5(2-11)14-8(15-6)9(16)17/h3H,(H,12,13)(H,14,15)(H,16,17). The van der Waals surface area contributed by atoms with Crippen molar-refractivity contribution in [2.75, 3.05) is 0 Å². The van der Waals surface area contributed by atoms with Crippen molar-refractivity contribution in [3.05, 3.63) is 23.4 Å². The molecule has 0 aliphatic rings. The summed E-state index contributed by atoms with van der Waals surface area (Å²) in [4.78, 5) is 23.2. The van der Waals surface area contributed by atoms with Gasteiger partial charge < -0.3 is 15.1 Å². The minimum Gasteiger partial charge on any atom is -0.475 e. The maximum Gasteiger partial charge on any atom is 0.371 e. The van der Waals surface area contributed by atoms with Crippen LogP contribution in [0.2, 0.25) is 0 Å². The first-order valence-electron chi connectivity index (χ1n) is 4.35. The summed E-state index contributed by atoms with van der Waals surface area (Å²) in [5.41, 5.74) is 0.183. The van der Waals surface area contributed by atoms with Crippen molar-refractivity contribution < 1.29 is 9.90 Å². The first-order valence-corrected chi connectivity index (χ1v) is 4.35. The number of nitrogens with zero attached hydrogens (tertiary/aromatic N) is 4. The van der Waals surface area contributed by atoms with Crippen molar-refractivity contribution in [2.45, 2.75) is 0 Å². The molecule has 2 heterocycles. The lowest BCUT2D eigenvalue weighted by Gasteiger charge is -1.89. The molecule has 82 valence electrons. The Morgan fingerprint density at radius 3 is 2.65 bits per heavy atom. The van der Waals surface area contributed by atoms with Crippen LogP contribution in [0.25, 0.3) is 11.5 Å². The Hall–Kier alpha value is -3.13. The molecule has 0 aliphatic carbocycles. The predicted octanol–water partition coefficient (Wildman–Crippen LogP) is 0.241. The summed E-state index contributed by atoms with van der Waals surface area (Å²) in [7, 11) is 0. The lowest BCUT2D eigenvalue weighted by Crippen LogP contribution is -1.98. The van der Waals surface area contributed by atoms with Crippen LogP contribution in [0.5, 0.6) is 0 Å². The van der Waals surface area contributed by atoms with E-state index in [-0.39, 0.29) is 28.7 Å². The largest absolute Gasteiger partial charge is 0.475 e. The molecule has 2 aromatic heterocycles. The van der Waals surface area contributed by atoms with Crippen LogP contribution < -0.4 is 0 Å². The maximum atomic E-state index is 10.7. The molecule has 0 bridgehead atoms. The minimum absolute atomic E-state index is 0.0961. The van der Waals surface area contributed by atoms with Crippen LogP contribution in [0, 0.1) is 22.7 Å². The highest BCUT2D eigenvalue weighted by atomic mass is 16.4. The van der Waals surface area contributed by atoms with Crippen molar-refractivity contribution in [1.82, 2.24) is 19.9 Å². The topological polar surface area (TPSA) is 142 Å². The molecule has 0 radical (unpaired) electrons. The molecular weight excluding hydrogens is 224 g/mol. The number of hydrogen-bond donors (Lipinski definition) is 3. The van der Waals surface area contributed by atoms with Gasteiger partial charge in [-0.1, -0.05) is 0 Å². The fraction of sp³-hybridized carbons (Fsp3) is 0. The molecule has 0 spiro atoms. The SMILES string of the molecule is N#Cc1c[nH]c(-c2[nH]c(C(=O)O)nc2C#N)n1. The third-order valence-electron chi connectivity index (χ3n) is 1.94. The molecule has 2 aromatic rings. The quantitative estimate of drug-likeness (QED) is 0.671. The van der Waals surface area contributed by atoms with Crippen molar-refractivity contribution in [2.24, 2.45) is 0 Å². The molecule has 0 saturated carbocycles. The zero-order chi connectivity index (χ0) is 12.4. The number of nitrogens with one attached hydrogen (secondary N) is 2. The van der Waals surface area contributed by atoms with Gasteiger partial charge >= 0.3 is 5.97 Å². The smallest absolute Gasteiger partial charge is 0.371 e. The molecular formula is C9H4N6O2. The number of H-pyrrole nitrogens is 2. The molecule has 0 amide bonds. The molecule has 0 fully saturated rings. The molecule has 17 heavy (non-hydrogen) atoms. The Bertz CT molecular complexity index is 668. The van der Waals surface area contributed by atoms with Crippen molar-refractivity contribution in [3.8, 4) is 23.7 Å². The van der Waals surface area contributed by atoms with Gasteiger partial charge in [0.15, 0.2) is 17.2 Å². The van der Waals surface area contributed by atoms with Crippen molar-refractivity contribution >= 4 is 5.97 Å². The molecule has 0 saturated heterocycles. The second kappa shape index (κ2) is 3.79. The molecule has 8 heteroatoms. The van der Waals surface area contributed by atoms with Crippen molar-refractivity contribution in [3.63, 3.8) is 0 Å². The van der Waals surface area contributed by atoms with Gasteiger partial charge in [-0.2, -0.15) is 10.5 Å². The van der Waals surface area contributed by atoms with Gasteiger partial charge in [-0.3, -0.25) is 0 Å². The number of carboxylic acids is 1. The Morgan fingerprint density at radius 2 is 2.12 bits per heavy atom. The summed E-state index contributed by atoms with van der Waals surface area (Å²) in [5, 5.41) is 26.1. The van der Waals surface area contributed by atoms with Crippen LogP contribution >= 0.6 is 0 Å². The second-order valence-corrected chi connectivity index (χ2v) is 2.97. The van der Waals surface area contributed by atoms with Crippen LogP contribution in [0.15, 0.2) is 6.20 Å². The Morgan fingerprint density at radius 1 is 1.35 bits per heavy atom. The van der Waals surface area contributed by atoms with Gasteiger partial charge in [0.25, 0.3) is 0 Å². The third-order valence-corrected chi connectivity index (χ3v) is 1.94. The number of aromatic amines is 2. The number of imidazole rings is 2. The van der Waals surface area contributed by atoms with E-state index in [0.717, 1.165) is 0 Å². The number of aromatic nitrogens is 4. The molecule has 0 unspecified atom stereocenters. The van der Waals surface area contributed by atoms with Crippen LogP contribution in [-0.2, 0) is 0 Å². The first kappa shape index (κ1) is 10.4. The number of aromatic carboxylic acids is 1. The minimum atomic E-state index is -1.28. The Balaban J connectivity index is 2.55. The number of carboxylic acid groups (broad SMARTS) is 1. The van der Waals surface area contributed by atoms with E-state index in [4.69, 9.17) is 15.6 Å². The van der Waals surface area contributed by atoms with E-state index in [1.165, 1.54) is 6.20 Å². The number of nitriles is 2. The Kier molecular flexibility index (Phi) is 2.32. The lowest BCUT2D eigenvalue weighted by atomic mass is 10.3. The third kappa shape index (κ3) is 1.70. The average Bonchev–Trinajstić information content (AvgIpc) is 2.94. The summed E-state index contributed by atoms with van der Waals surface area (Å²) in [6.07, 6.45) is 1.35. The Labute approximate surface area is 94.2 Å². The first-order chi connectivity index (χ1) is 8.15. The zero-order valence-electron chi connectivity index (χ0n) is 8.22. The normalized spacial score (nSPS) is 9.53. The highest BCUT2D eigenvalue weighted by molar-refractivity contribution is 5.84. The van der Waals surface area contributed by atoms with E-state index in [9.17, 15) is 4.79 Å². The number of hydrogen-bond acceptors (Lipinski definition) is 5. The molecule has 3 N–H and O–H groups in total. The van der Waals surface area contributed by atoms with Crippen LogP contribution in [0.1, 0.15) is 22.0 Å². The van der Waals surface area contributed by atoms with Gasteiger partial charge in [0.05, 0.1) is 0 Å². The van der Waals surface area contributed by atoms with E-state index in [1.54, 1.807) is 6.07 Å². The second-order valence-electron chi connectivity index (χ2n) is 2.97. The number of rotatable bonds is 2. The highest BCUT2D eigenvalue weighted by Gasteiger charge is 2.18. The van der Waals surface area contributed by atoms with Gasteiger partial charge in [-0.15, -0.1) is 0 Å². The van der Waals surface area contributed by atoms with Gasteiger partial charge in [0.2, 0.25) is 5.82 Å². The van der Waals surface area contributed by atoms with E-state index in [0.29, 0.717) is 0 Å². The summed E-state index contributed by atoms with van der Waals surface area (Å²) in [5.74, 6) is -1.44. The van der Waals surface area contributed by atoms with Gasteiger partial charge in [0, 0.05) is 6.20 Å². The fourth-order valence-corrected chi connectivity index (χ4v) is 1.23. The summed E-state index contributed by atoms with van der Waals surface area (Å²) in [6, 6.07) is 3.56. The van der Waals surface area contributed by atoms with Gasteiger partial charge in [-0.05, 0) is 0 Å². The monoisotopic (exact) mass is 228 g/mol. The molecule has 0 atom stereocenters. The lowest BCUT2D eigenvalue weighted by molar-refractivity contribution is 0.0685. The molecule has 2 rings (SSSR count). The van der Waals surface area contributed by atoms with Crippen LogP contribution in [0.4, 0.5) is 0 Å². The summed E-state index contributed by atoms with van der Waals surface area (Å²) in [6.45, 7) is 0. The molecule has 0 aromatic carbocycles. The summed E-state index contributed by atoms with van der Waals surface area (Å²) >= 11 is 0. The van der Waals surface area contributed by atoms with E-state index in [1.807, 2.05) is 6.07 Å². The number of carbonyl (C=O) groups is 1. The van der Waals surface area contributed by atoms with Crippen LogP contribution in [-0.4, -0.2) is 31.0 Å². The van der Waals surface area contributed by atoms with E-state index >= 15 is 0 Å². The van der Waals surface area contributed by atoms with E-state index in [2.05, 4.69) is 19.9 Å². The van der Waals surface area contributed by atoms with Crippen molar-refractivity contribution in [1.29, 1.82) is 10.5 Å². The summed E-state index contributed by atoms with van der Waals surface area (Å²) < 4.78 is 0. The molecule has 8 nitrogen and oxygen atoms in total. The highest BCUT2D eigenvalue weighted by Crippen LogP contribution is 2.17. The predicted molar refractivity (Wildman–Crippen MR) is 52.6 cm³/mol. The zero-order valence-corrected chi connectivity index (χ0v) is 8.22. The van der Waals surface area contributed by atoms with Gasteiger partial charge in [-0.25, -0.2) is 14.8 Å². The van der Waals surface area contributed by atoms with Crippen LogP contribution in [0.3, 0.4) is 0 Å². The maximum absolute atomic E-state index is 10.7.